The monoisotopic (exact) mass is 246 g/mol. The molecule has 0 bridgehead atoms. The van der Waals surface area contributed by atoms with Crippen LogP contribution in [0.2, 0.25) is 5.54 Å². The summed E-state index contributed by atoms with van der Waals surface area (Å²) in [6.45, 7) is 5.14. The standard InChI is InChI=1S/C10H18O5Si/c1-6-9(7-8(2)10(11)12)16(13-3,14-4)15-5/h6-7,9H,1H2,2-5H3,(H,11,12). The number of aliphatic carboxylic acids is 1. The molecule has 0 amide bonds. The molecule has 0 aliphatic rings. The SMILES string of the molecule is C=CC(C=C(C)C(=O)O)[Si](OC)(OC)OC. The molecule has 0 saturated carbocycles. The third-order valence-electron chi connectivity index (χ3n) is 2.28. The summed E-state index contributed by atoms with van der Waals surface area (Å²) in [5.74, 6) is -0.988. The van der Waals surface area contributed by atoms with E-state index >= 15 is 0 Å². The molecule has 1 unspecified atom stereocenters. The van der Waals surface area contributed by atoms with Gasteiger partial charge in [0.05, 0.1) is 5.54 Å². The van der Waals surface area contributed by atoms with Crippen molar-refractivity contribution in [1.29, 1.82) is 0 Å². The molecule has 6 heteroatoms. The maximum absolute atomic E-state index is 10.7. The second kappa shape index (κ2) is 6.59. The lowest BCUT2D eigenvalue weighted by Gasteiger charge is -2.28. The molecule has 5 nitrogen and oxygen atoms in total. The van der Waals surface area contributed by atoms with Gasteiger partial charge in [-0.25, -0.2) is 4.79 Å². The molecule has 92 valence electrons. The van der Waals surface area contributed by atoms with E-state index in [1.807, 2.05) is 0 Å². The summed E-state index contributed by atoms with van der Waals surface area (Å²) in [5.41, 5.74) is -0.184. The fourth-order valence-electron chi connectivity index (χ4n) is 1.31. The zero-order chi connectivity index (χ0) is 12.8. The lowest BCUT2D eigenvalue weighted by Crippen LogP contribution is -2.46. The molecule has 0 aliphatic heterocycles. The van der Waals surface area contributed by atoms with Crippen LogP contribution in [-0.4, -0.2) is 41.2 Å². The minimum Gasteiger partial charge on any atom is -0.478 e. The smallest absolute Gasteiger partial charge is 0.478 e. The molecule has 16 heavy (non-hydrogen) atoms. The van der Waals surface area contributed by atoms with Crippen LogP contribution in [0.15, 0.2) is 24.3 Å². The van der Waals surface area contributed by atoms with E-state index < -0.39 is 14.8 Å². The van der Waals surface area contributed by atoms with Crippen LogP contribution < -0.4 is 0 Å². The summed E-state index contributed by atoms with van der Waals surface area (Å²) in [6, 6.07) is 0. The van der Waals surface area contributed by atoms with Crippen molar-refractivity contribution in [3.63, 3.8) is 0 Å². The number of carboxylic acid groups (broad SMARTS) is 1. The number of allylic oxidation sites excluding steroid dienone is 2. The Balaban J connectivity index is 5.17. The van der Waals surface area contributed by atoms with E-state index in [9.17, 15) is 4.79 Å². The van der Waals surface area contributed by atoms with Crippen molar-refractivity contribution in [2.24, 2.45) is 0 Å². The van der Waals surface area contributed by atoms with Crippen LogP contribution in [0.5, 0.6) is 0 Å². The van der Waals surface area contributed by atoms with Gasteiger partial charge in [-0.05, 0) is 6.92 Å². The maximum atomic E-state index is 10.7. The van der Waals surface area contributed by atoms with Gasteiger partial charge in [-0.2, -0.15) is 0 Å². The molecule has 1 atom stereocenters. The van der Waals surface area contributed by atoms with E-state index in [0.29, 0.717) is 0 Å². The largest absolute Gasteiger partial charge is 0.511 e. The normalized spacial score (nSPS) is 14.6. The maximum Gasteiger partial charge on any atom is 0.511 e. The Morgan fingerprint density at radius 3 is 2.00 bits per heavy atom. The Bertz CT molecular complexity index is 275. The summed E-state index contributed by atoms with van der Waals surface area (Å²) in [4.78, 5) is 10.7. The van der Waals surface area contributed by atoms with Crippen molar-refractivity contribution >= 4 is 14.8 Å². The molecule has 1 N–H and O–H groups in total. The van der Waals surface area contributed by atoms with Crippen LogP contribution in [-0.2, 0) is 18.1 Å². The lowest BCUT2D eigenvalue weighted by molar-refractivity contribution is -0.132. The van der Waals surface area contributed by atoms with Crippen LogP contribution in [0.3, 0.4) is 0 Å². The molecule has 0 radical (unpaired) electrons. The van der Waals surface area contributed by atoms with Gasteiger partial charge in [0.1, 0.15) is 0 Å². The second-order valence-corrected chi connectivity index (χ2v) is 6.23. The summed E-state index contributed by atoms with van der Waals surface area (Å²) >= 11 is 0. The highest BCUT2D eigenvalue weighted by molar-refractivity contribution is 6.63. The first kappa shape index (κ1) is 15.0. The molecule has 0 heterocycles. The number of carbonyl (C=O) groups is 1. The second-order valence-electron chi connectivity index (χ2n) is 3.13. The zero-order valence-corrected chi connectivity index (χ0v) is 11.0. The first-order chi connectivity index (χ1) is 7.47. The summed E-state index contributed by atoms with van der Waals surface area (Å²) in [5, 5.41) is 8.80. The Labute approximate surface area is 96.7 Å². The molecule has 0 saturated heterocycles. The first-order valence-corrected chi connectivity index (χ1v) is 6.47. The zero-order valence-electron chi connectivity index (χ0n) is 10.0. The van der Waals surface area contributed by atoms with Gasteiger partial charge in [-0.3, -0.25) is 0 Å². The minimum atomic E-state index is -2.91. The molecule has 0 aromatic carbocycles. The van der Waals surface area contributed by atoms with E-state index in [4.69, 9.17) is 18.4 Å². The van der Waals surface area contributed by atoms with Gasteiger partial charge in [-0.15, -0.1) is 6.58 Å². The van der Waals surface area contributed by atoms with Crippen LogP contribution in [0.1, 0.15) is 6.92 Å². The molecule has 0 aliphatic carbocycles. The fourth-order valence-corrected chi connectivity index (χ4v) is 3.37. The highest BCUT2D eigenvalue weighted by Gasteiger charge is 2.44. The third-order valence-corrected chi connectivity index (χ3v) is 5.21. The molecule has 0 aromatic heterocycles. The summed E-state index contributed by atoms with van der Waals surface area (Å²) in [6.07, 6.45) is 3.09. The number of hydrogen-bond acceptors (Lipinski definition) is 4. The van der Waals surface area contributed by atoms with Crippen molar-refractivity contribution < 1.29 is 23.2 Å². The van der Waals surface area contributed by atoms with Crippen LogP contribution in [0, 0.1) is 0 Å². The van der Waals surface area contributed by atoms with Gasteiger partial charge in [-0.1, -0.05) is 12.2 Å². The van der Waals surface area contributed by atoms with E-state index in [-0.39, 0.29) is 11.1 Å². The van der Waals surface area contributed by atoms with Crippen molar-refractivity contribution in [2.45, 2.75) is 12.5 Å². The van der Waals surface area contributed by atoms with Crippen LogP contribution in [0.4, 0.5) is 0 Å². The topological polar surface area (TPSA) is 65.0 Å². The van der Waals surface area contributed by atoms with Crippen LogP contribution >= 0.6 is 0 Å². The minimum absolute atomic E-state index is 0.202. The van der Waals surface area contributed by atoms with Gasteiger partial charge in [0.2, 0.25) is 0 Å². The number of carboxylic acids is 1. The van der Waals surface area contributed by atoms with E-state index in [0.717, 1.165) is 0 Å². The van der Waals surface area contributed by atoms with E-state index in [1.165, 1.54) is 34.3 Å². The highest BCUT2D eigenvalue weighted by atomic mass is 28.4. The highest BCUT2D eigenvalue weighted by Crippen LogP contribution is 2.27. The van der Waals surface area contributed by atoms with Crippen molar-refractivity contribution in [3.05, 3.63) is 24.3 Å². The van der Waals surface area contributed by atoms with Gasteiger partial charge < -0.3 is 18.4 Å². The predicted molar refractivity (Wildman–Crippen MR) is 62.1 cm³/mol. The average molecular weight is 246 g/mol. The van der Waals surface area contributed by atoms with Gasteiger partial charge in [0.15, 0.2) is 0 Å². The molecular formula is C10H18O5Si. The molecular weight excluding hydrogens is 228 g/mol. The van der Waals surface area contributed by atoms with E-state index in [1.54, 1.807) is 6.08 Å². The Hall–Kier alpha value is -0.953. The van der Waals surface area contributed by atoms with Crippen molar-refractivity contribution in [2.75, 3.05) is 21.3 Å². The predicted octanol–water partition coefficient (Wildman–Crippen LogP) is 1.45. The molecule has 0 rings (SSSR count). The summed E-state index contributed by atoms with van der Waals surface area (Å²) in [7, 11) is 1.50. The molecule has 0 aromatic rings. The number of hydrogen-bond donors (Lipinski definition) is 1. The van der Waals surface area contributed by atoms with E-state index in [2.05, 4.69) is 6.58 Å². The fraction of sp³-hybridized carbons (Fsp3) is 0.500. The Morgan fingerprint density at radius 2 is 1.75 bits per heavy atom. The summed E-state index contributed by atoms with van der Waals surface area (Å²) < 4.78 is 15.8. The third kappa shape index (κ3) is 3.27. The average Bonchev–Trinajstić information content (AvgIpc) is 2.29. The Morgan fingerprint density at radius 1 is 1.31 bits per heavy atom. The van der Waals surface area contributed by atoms with Gasteiger partial charge in [0, 0.05) is 26.9 Å². The first-order valence-electron chi connectivity index (χ1n) is 4.67. The molecule has 0 spiro atoms. The Kier molecular flexibility index (Phi) is 6.20. The van der Waals surface area contributed by atoms with Crippen molar-refractivity contribution in [1.82, 2.24) is 0 Å². The van der Waals surface area contributed by atoms with Crippen LogP contribution in [0.25, 0.3) is 0 Å². The number of rotatable bonds is 7. The lowest BCUT2D eigenvalue weighted by atomic mass is 10.2. The molecule has 0 fully saturated rings. The van der Waals surface area contributed by atoms with Crippen molar-refractivity contribution in [3.8, 4) is 0 Å². The quantitative estimate of drug-likeness (QED) is 0.418. The van der Waals surface area contributed by atoms with Gasteiger partial charge in [0.25, 0.3) is 0 Å². The van der Waals surface area contributed by atoms with Gasteiger partial charge >= 0.3 is 14.8 Å².